The van der Waals surface area contributed by atoms with Gasteiger partial charge in [-0.05, 0) is 20.8 Å². The van der Waals surface area contributed by atoms with E-state index in [4.69, 9.17) is 14.2 Å². The Hall–Kier alpha value is -0.870. The van der Waals surface area contributed by atoms with Crippen LogP contribution >= 0.6 is 0 Å². The fourth-order valence-corrected chi connectivity index (χ4v) is 1.22. The van der Waals surface area contributed by atoms with Crippen molar-refractivity contribution in [3.8, 4) is 0 Å². The van der Waals surface area contributed by atoms with Crippen molar-refractivity contribution in [1.82, 2.24) is 0 Å². The summed E-state index contributed by atoms with van der Waals surface area (Å²) in [5, 5.41) is 0. The van der Waals surface area contributed by atoms with Crippen LogP contribution in [0.2, 0.25) is 0 Å². The Morgan fingerprint density at radius 3 is 2.60 bits per heavy atom. The van der Waals surface area contributed by atoms with Gasteiger partial charge in [0.05, 0.1) is 19.8 Å². The summed E-state index contributed by atoms with van der Waals surface area (Å²) in [6.45, 7) is 7.07. The summed E-state index contributed by atoms with van der Waals surface area (Å²) in [6, 6.07) is 0. The van der Waals surface area contributed by atoms with E-state index in [0.29, 0.717) is 19.8 Å². The van der Waals surface area contributed by atoms with Crippen LogP contribution in [-0.4, -0.2) is 31.6 Å². The number of carbonyl (C=O) groups is 1. The van der Waals surface area contributed by atoms with Gasteiger partial charge in [0, 0.05) is 12.0 Å². The molecule has 4 nitrogen and oxygen atoms in total. The molecule has 0 radical (unpaired) electrons. The van der Waals surface area contributed by atoms with Crippen molar-refractivity contribution in [3.05, 3.63) is 12.2 Å². The standard InChI is InChI=1S/C11H18O4/c1-4-13-10(12)6-5-9-7-14-11(2,3)15-8-9/h5-6,9H,4,7-8H2,1-3H3. The van der Waals surface area contributed by atoms with Crippen LogP contribution in [0.4, 0.5) is 0 Å². The maximum absolute atomic E-state index is 11.0. The maximum atomic E-state index is 11.0. The van der Waals surface area contributed by atoms with Crippen LogP contribution < -0.4 is 0 Å². The van der Waals surface area contributed by atoms with Gasteiger partial charge in [0.2, 0.25) is 0 Å². The summed E-state index contributed by atoms with van der Waals surface area (Å²) in [5.74, 6) is -0.696. The molecule has 1 rings (SSSR count). The molecule has 0 saturated carbocycles. The topological polar surface area (TPSA) is 44.8 Å². The molecule has 86 valence electrons. The molecule has 0 bridgehead atoms. The molecular formula is C11H18O4. The highest BCUT2D eigenvalue weighted by atomic mass is 16.7. The van der Waals surface area contributed by atoms with E-state index >= 15 is 0 Å². The average molecular weight is 214 g/mol. The molecule has 0 aromatic heterocycles. The minimum atomic E-state index is -0.506. The predicted octanol–water partition coefficient (Wildman–Crippen LogP) is 1.50. The molecule has 1 fully saturated rings. The van der Waals surface area contributed by atoms with E-state index in [1.807, 2.05) is 13.8 Å². The van der Waals surface area contributed by atoms with E-state index in [0.717, 1.165) is 0 Å². The van der Waals surface area contributed by atoms with Crippen LogP contribution in [-0.2, 0) is 19.0 Å². The lowest BCUT2D eigenvalue weighted by molar-refractivity contribution is -0.256. The molecule has 0 spiro atoms. The highest BCUT2D eigenvalue weighted by molar-refractivity contribution is 5.81. The number of esters is 1. The molecule has 1 heterocycles. The molecule has 0 aromatic rings. The van der Waals surface area contributed by atoms with Crippen molar-refractivity contribution in [1.29, 1.82) is 0 Å². The third-order valence-corrected chi connectivity index (χ3v) is 2.08. The lowest BCUT2D eigenvalue weighted by atomic mass is 10.1. The third-order valence-electron chi connectivity index (χ3n) is 2.08. The summed E-state index contributed by atoms with van der Waals surface area (Å²) < 4.78 is 15.7. The normalized spacial score (nSPS) is 21.8. The molecule has 1 aliphatic rings. The van der Waals surface area contributed by atoms with Crippen LogP contribution in [0, 0.1) is 5.92 Å². The zero-order valence-corrected chi connectivity index (χ0v) is 9.49. The second-order valence-corrected chi connectivity index (χ2v) is 3.89. The van der Waals surface area contributed by atoms with Crippen molar-refractivity contribution in [2.45, 2.75) is 26.6 Å². The summed E-state index contributed by atoms with van der Waals surface area (Å²) in [4.78, 5) is 11.0. The van der Waals surface area contributed by atoms with Crippen LogP contribution in [0.5, 0.6) is 0 Å². The molecule has 0 unspecified atom stereocenters. The van der Waals surface area contributed by atoms with E-state index in [1.54, 1.807) is 13.0 Å². The number of hydrogen-bond acceptors (Lipinski definition) is 4. The fourth-order valence-electron chi connectivity index (χ4n) is 1.22. The van der Waals surface area contributed by atoms with Gasteiger partial charge in [-0.15, -0.1) is 0 Å². The van der Waals surface area contributed by atoms with Crippen molar-refractivity contribution in [2.24, 2.45) is 5.92 Å². The molecule has 0 amide bonds. The first-order chi connectivity index (χ1) is 7.03. The van der Waals surface area contributed by atoms with Gasteiger partial charge in [0.15, 0.2) is 5.79 Å². The summed E-state index contributed by atoms with van der Waals surface area (Å²) in [5.41, 5.74) is 0. The highest BCUT2D eigenvalue weighted by Gasteiger charge is 2.26. The molecule has 15 heavy (non-hydrogen) atoms. The number of rotatable bonds is 3. The molecule has 0 atom stereocenters. The highest BCUT2D eigenvalue weighted by Crippen LogP contribution is 2.20. The summed E-state index contributed by atoms with van der Waals surface area (Å²) >= 11 is 0. The zero-order chi connectivity index (χ0) is 11.3. The number of hydrogen-bond donors (Lipinski definition) is 0. The first-order valence-electron chi connectivity index (χ1n) is 5.16. The minimum absolute atomic E-state index is 0.127. The summed E-state index contributed by atoms with van der Waals surface area (Å²) in [7, 11) is 0. The monoisotopic (exact) mass is 214 g/mol. The van der Waals surface area contributed by atoms with Crippen molar-refractivity contribution < 1.29 is 19.0 Å². The van der Waals surface area contributed by atoms with Crippen molar-refractivity contribution >= 4 is 5.97 Å². The van der Waals surface area contributed by atoms with E-state index in [-0.39, 0.29) is 11.9 Å². The van der Waals surface area contributed by atoms with Crippen LogP contribution in [0.1, 0.15) is 20.8 Å². The first kappa shape index (κ1) is 12.2. The molecule has 1 aliphatic heterocycles. The Kier molecular flexibility index (Phi) is 4.29. The Bertz CT molecular complexity index is 235. The quantitative estimate of drug-likeness (QED) is 0.527. The van der Waals surface area contributed by atoms with Gasteiger partial charge >= 0.3 is 5.97 Å². The molecule has 0 aliphatic carbocycles. The van der Waals surface area contributed by atoms with Gasteiger partial charge in [0.25, 0.3) is 0 Å². The average Bonchev–Trinajstić information content (AvgIpc) is 2.17. The fraction of sp³-hybridized carbons (Fsp3) is 0.727. The van der Waals surface area contributed by atoms with Gasteiger partial charge < -0.3 is 14.2 Å². The van der Waals surface area contributed by atoms with E-state index in [9.17, 15) is 4.79 Å². The van der Waals surface area contributed by atoms with Crippen LogP contribution in [0.25, 0.3) is 0 Å². The second-order valence-electron chi connectivity index (χ2n) is 3.89. The number of carbonyl (C=O) groups excluding carboxylic acids is 1. The van der Waals surface area contributed by atoms with Gasteiger partial charge in [-0.3, -0.25) is 0 Å². The lowest BCUT2D eigenvalue weighted by Crippen LogP contribution is -2.38. The Morgan fingerprint density at radius 2 is 2.07 bits per heavy atom. The zero-order valence-electron chi connectivity index (χ0n) is 9.49. The molecule has 0 aromatic carbocycles. The molecule has 4 heteroatoms. The van der Waals surface area contributed by atoms with Crippen LogP contribution in [0.15, 0.2) is 12.2 Å². The summed E-state index contributed by atoms with van der Waals surface area (Å²) in [6.07, 6.45) is 3.20. The van der Waals surface area contributed by atoms with E-state index in [2.05, 4.69) is 0 Å². The smallest absolute Gasteiger partial charge is 0.330 e. The Balaban J connectivity index is 2.32. The first-order valence-corrected chi connectivity index (χ1v) is 5.16. The van der Waals surface area contributed by atoms with Gasteiger partial charge in [-0.1, -0.05) is 6.08 Å². The molecule has 1 saturated heterocycles. The van der Waals surface area contributed by atoms with E-state index in [1.165, 1.54) is 6.08 Å². The van der Waals surface area contributed by atoms with Crippen molar-refractivity contribution in [2.75, 3.05) is 19.8 Å². The van der Waals surface area contributed by atoms with Crippen molar-refractivity contribution in [3.63, 3.8) is 0 Å². The third kappa shape index (κ3) is 4.44. The molecular weight excluding hydrogens is 196 g/mol. The largest absolute Gasteiger partial charge is 0.463 e. The Morgan fingerprint density at radius 1 is 1.47 bits per heavy atom. The van der Waals surface area contributed by atoms with Crippen LogP contribution in [0.3, 0.4) is 0 Å². The van der Waals surface area contributed by atoms with Gasteiger partial charge in [-0.2, -0.15) is 0 Å². The maximum Gasteiger partial charge on any atom is 0.330 e. The predicted molar refractivity (Wildman–Crippen MR) is 55.2 cm³/mol. The molecule has 0 N–H and O–H groups in total. The van der Waals surface area contributed by atoms with E-state index < -0.39 is 5.79 Å². The second kappa shape index (κ2) is 5.28. The Labute approximate surface area is 90.2 Å². The lowest BCUT2D eigenvalue weighted by Gasteiger charge is -2.33. The number of ether oxygens (including phenoxy) is 3. The SMILES string of the molecule is CCOC(=O)C=CC1COC(C)(C)OC1. The van der Waals surface area contributed by atoms with Gasteiger partial charge in [0.1, 0.15) is 0 Å². The van der Waals surface area contributed by atoms with Gasteiger partial charge in [-0.25, -0.2) is 4.79 Å². The minimum Gasteiger partial charge on any atom is -0.463 e.